The minimum Gasteiger partial charge on any atom is -0.337 e. The van der Waals surface area contributed by atoms with Crippen molar-refractivity contribution in [2.75, 3.05) is 11.9 Å². The number of anilines is 1. The SMILES string of the molecule is CC(=O)Nc1ccc(S(=O)(=O)N2CCC[C@@H]2c2nc(-c3ccc(F)cc3)no2)cc1Cl. The number of halogens is 2. The maximum Gasteiger partial charge on any atom is 0.245 e. The van der Waals surface area contributed by atoms with Crippen LogP contribution in [-0.4, -0.2) is 35.3 Å². The zero-order valence-corrected chi connectivity index (χ0v) is 18.0. The number of rotatable bonds is 5. The Morgan fingerprint density at radius 3 is 2.68 bits per heavy atom. The van der Waals surface area contributed by atoms with Gasteiger partial charge in [-0.25, -0.2) is 12.8 Å². The molecule has 162 valence electrons. The van der Waals surface area contributed by atoms with Crippen LogP contribution in [0.25, 0.3) is 11.4 Å². The van der Waals surface area contributed by atoms with E-state index in [9.17, 15) is 17.6 Å². The van der Waals surface area contributed by atoms with Gasteiger partial charge in [-0.1, -0.05) is 16.8 Å². The van der Waals surface area contributed by atoms with E-state index < -0.39 is 16.1 Å². The number of amides is 1. The van der Waals surface area contributed by atoms with Gasteiger partial charge in [0.25, 0.3) is 0 Å². The van der Waals surface area contributed by atoms with Gasteiger partial charge in [0.15, 0.2) is 0 Å². The van der Waals surface area contributed by atoms with Crippen LogP contribution in [0.4, 0.5) is 10.1 Å². The lowest BCUT2D eigenvalue weighted by molar-refractivity contribution is -0.114. The number of benzene rings is 2. The Kier molecular flexibility index (Phi) is 5.78. The predicted molar refractivity (Wildman–Crippen MR) is 111 cm³/mol. The van der Waals surface area contributed by atoms with E-state index in [4.69, 9.17) is 16.1 Å². The third-order valence-electron chi connectivity index (χ3n) is 4.89. The van der Waals surface area contributed by atoms with E-state index in [0.29, 0.717) is 24.1 Å². The summed E-state index contributed by atoms with van der Waals surface area (Å²) >= 11 is 6.16. The summed E-state index contributed by atoms with van der Waals surface area (Å²) < 4.78 is 46.3. The number of hydrogen-bond acceptors (Lipinski definition) is 6. The van der Waals surface area contributed by atoms with Crippen molar-refractivity contribution in [3.05, 3.63) is 59.2 Å². The zero-order valence-electron chi connectivity index (χ0n) is 16.4. The molecule has 0 spiro atoms. The van der Waals surface area contributed by atoms with Gasteiger partial charge in [0.1, 0.15) is 11.9 Å². The van der Waals surface area contributed by atoms with Crippen molar-refractivity contribution in [3.8, 4) is 11.4 Å². The first-order valence-electron chi connectivity index (χ1n) is 9.44. The summed E-state index contributed by atoms with van der Waals surface area (Å²) in [5.41, 5.74) is 0.885. The molecule has 0 bridgehead atoms. The molecule has 1 atom stereocenters. The van der Waals surface area contributed by atoms with Gasteiger partial charge in [0.05, 0.1) is 15.6 Å². The van der Waals surface area contributed by atoms with Gasteiger partial charge in [0.2, 0.25) is 27.6 Å². The van der Waals surface area contributed by atoms with Crippen molar-refractivity contribution in [1.29, 1.82) is 0 Å². The smallest absolute Gasteiger partial charge is 0.245 e. The third-order valence-corrected chi connectivity index (χ3v) is 7.11. The van der Waals surface area contributed by atoms with Gasteiger partial charge in [-0.2, -0.15) is 9.29 Å². The molecule has 1 aliphatic heterocycles. The Morgan fingerprint density at radius 1 is 1.26 bits per heavy atom. The molecule has 1 fully saturated rings. The Balaban J connectivity index is 1.61. The number of carbonyl (C=O) groups is 1. The summed E-state index contributed by atoms with van der Waals surface area (Å²) in [7, 11) is -3.91. The van der Waals surface area contributed by atoms with Crippen LogP contribution in [0, 0.1) is 5.82 Å². The van der Waals surface area contributed by atoms with Gasteiger partial charge in [0, 0.05) is 19.0 Å². The van der Waals surface area contributed by atoms with E-state index in [-0.39, 0.29) is 39.9 Å². The number of nitrogens with zero attached hydrogens (tertiary/aromatic N) is 3. The molecule has 11 heteroatoms. The highest BCUT2D eigenvalue weighted by molar-refractivity contribution is 7.89. The Hall–Kier alpha value is -2.82. The van der Waals surface area contributed by atoms with Crippen LogP contribution in [0.1, 0.15) is 31.7 Å². The predicted octanol–water partition coefficient (Wildman–Crippen LogP) is 4.01. The minimum absolute atomic E-state index is 0.00299. The fraction of sp³-hybridized carbons (Fsp3) is 0.250. The standard InChI is InChI=1S/C20H18ClFN4O4S/c1-12(27)23-17-9-8-15(11-16(17)21)31(28,29)26-10-2-3-18(26)20-24-19(25-30-20)13-4-6-14(22)7-5-13/h4-9,11,18H,2-3,10H2,1H3,(H,23,27)/t18-/m1/s1. The molecule has 3 aromatic rings. The fourth-order valence-electron chi connectivity index (χ4n) is 3.44. The fourth-order valence-corrected chi connectivity index (χ4v) is 5.41. The normalized spacial score (nSPS) is 17.1. The molecule has 0 unspecified atom stereocenters. The Morgan fingerprint density at radius 2 is 2.00 bits per heavy atom. The summed E-state index contributed by atoms with van der Waals surface area (Å²) in [5.74, 6) is -0.280. The van der Waals surface area contributed by atoms with E-state index in [1.807, 2.05) is 0 Å². The van der Waals surface area contributed by atoms with Crippen LogP contribution >= 0.6 is 11.6 Å². The topological polar surface area (TPSA) is 105 Å². The van der Waals surface area contributed by atoms with Crippen molar-refractivity contribution in [1.82, 2.24) is 14.4 Å². The van der Waals surface area contributed by atoms with Crippen molar-refractivity contribution in [3.63, 3.8) is 0 Å². The summed E-state index contributed by atoms with van der Waals surface area (Å²) in [4.78, 5) is 15.6. The first kappa shape index (κ1) is 21.4. The van der Waals surface area contributed by atoms with Crippen molar-refractivity contribution < 1.29 is 22.1 Å². The molecule has 2 heterocycles. The van der Waals surface area contributed by atoms with Crippen LogP contribution in [0.2, 0.25) is 5.02 Å². The first-order chi connectivity index (χ1) is 14.8. The molecule has 1 aromatic heterocycles. The molecule has 1 N–H and O–H groups in total. The molecule has 4 rings (SSSR count). The van der Waals surface area contributed by atoms with Gasteiger partial charge in [-0.3, -0.25) is 4.79 Å². The second-order valence-electron chi connectivity index (χ2n) is 7.06. The van der Waals surface area contributed by atoms with Crippen LogP contribution in [0.3, 0.4) is 0 Å². The lowest BCUT2D eigenvalue weighted by Gasteiger charge is -2.21. The highest BCUT2D eigenvalue weighted by Crippen LogP contribution is 2.37. The van der Waals surface area contributed by atoms with E-state index in [1.165, 1.54) is 53.7 Å². The average Bonchev–Trinajstić information content (AvgIpc) is 3.39. The maximum absolute atomic E-state index is 13.3. The zero-order chi connectivity index (χ0) is 22.2. The van der Waals surface area contributed by atoms with Crippen molar-refractivity contribution in [2.45, 2.75) is 30.7 Å². The van der Waals surface area contributed by atoms with Crippen LogP contribution in [-0.2, 0) is 14.8 Å². The first-order valence-corrected chi connectivity index (χ1v) is 11.3. The number of sulfonamides is 1. The highest BCUT2D eigenvalue weighted by Gasteiger charge is 2.39. The van der Waals surface area contributed by atoms with E-state index in [1.54, 1.807) is 0 Å². The largest absolute Gasteiger partial charge is 0.337 e. The number of hydrogen-bond donors (Lipinski definition) is 1. The van der Waals surface area contributed by atoms with E-state index in [0.717, 1.165) is 0 Å². The monoisotopic (exact) mass is 464 g/mol. The average molecular weight is 465 g/mol. The summed E-state index contributed by atoms with van der Waals surface area (Å²) in [6, 6.07) is 9.12. The molecule has 8 nitrogen and oxygen atoms in total. The van der Waals surface area contributed by atoms with Gasteiger partial charge >= 0.3 is 0 Å². The van der Waals surface area contributed by atoms with Crippen molar-refractivity contribution >= 4 is 33.2 Å². The molecule has 2 aromatic carbocycles. The van der Waals surface area contributed by atoms with E-state index >= 15 is 0 Å². The van der Waals surface area contributed by atoms with Gasteiger partial charge in [-0.15, -0.1) is 0 Å². The molecule has 31 heavy (non-hydrogen) atoms. The number of nitrogens with one attached hydrogen (secondary N) is 1. The third kappa shape index (κ3) is 4.32. The van der Waals surface area contributed by atoms with Gasteiger partial charge < -0.3 is 9.84 Å². The maximum atomic E-state index is 13.3. The number of aromatic nitrogens is 2. The second-order valence-corrected chi connectivity index (χ2v) is 9.36. The Bertz CT molecular complexity index is 1230. The molecule has 1 saturated heterocycles. The second kappa shape index (κ2) is 8.37. The van der Waals surface area contributed by atoms with Crippen LogP contribution in [0.15, 0.2) is 51.9 Å². The van der Waals surface area contributed by atoms with Crippen LogP contribution in [0.5, 0.6) is 0 Å². The highest BCUT2D eigenvalue weighted by atomic mass is 35.5. The lowest BCUT2D eigenvalue weighted by Crippen LogP contribution is -2.31. The number of carbonyl (C=O) groups excluding carboxylic acids is 1. The van der Waals surface area contributed by atoms with Crippen LogP contribution < -0.4 is 5.32 Å². The molecule has 0 radical (unpaired) electrons. The van der Waals surface area contributed by atoms with Crippen molar-refractivity contribution in [2.24, 2.45) is 0 Å². The molecular formula is C20H18ClFN4O4S. The minimum atomic E-state index is -3.91. The molecular weight excluding hydrogens is 447 g/mol. The van der Waals surface area contributed by atoms with E-state index in [2.05, 4.69) is 15.5 Å². The molecule has 1 amide bonds. The summed E-state index contributed by atoms with van der Waals surface area (Å²) in [6.45, 7) is 1.62. The lowest BCUT2D eigenvalue weighted by atomic mass is 10.2. The quantitative estimate of drug-likeness (QED) is 0.611. The summed E-state index contributed by atoms with van der Waals surface area (Å²) in [5, 5.41) is 6.57. The molecule has 1 aliphatic rings. The molecule has 0 saturated carbocycles. The van der Waals surface area contributed by atoms with Gasteiger partial charge in [-0.05, 0) is 55.3 Å². The molecule has 0 aliphatic carbocycles. The Labute approximate surface area is 183 Å². The summed E-state index contributed by atoms with van der Waals surface area (Å²) in [6.07, 6.45) is 1.14.